The predicted octanol–water partition coefficient (Wildman–Crippen LogP) is 3.00. The van der Waals surface area contributed by atoms with Crippen LogP contribution < -0.4 is 14.8 Å². The maximum atomic E-state index is 13.2. The van der Waals surface area contributed by atoms with Crippen molar-refractivity contribution in [2.75, 3.05) is 39.9 Å². The smallest absolute Gasteiger partial charge is 0.161 e. The predicted molar refractivity (Wildman–Crippen MR) is 112 cm³/mol. The van der Waals surface area contributed by atoms with Crippen LogP contribution in [0.25, 0.3) is 0 Å². The molecule has 158 valence electrons. The summed E-state index contributed by atoms with van der Waals surface area (Å²) >= 11 is 0. The number of halogens is 1. The minimum Gasteiger partial charge on any atom is -0.493 e. The number of β-amino-alcohol motifs (C(OH)–C–C–N with tert-alkyl or cyclic N) is 1. The molecule has 0 aliphatic carbocycles. The van der Waals surface area contributed by atoms with Gasteiger partial charge in [-0.25, -0.2) is 4.39 Å². The van der Waals surface area contributed by atoms with Crippen molar-refractivity contribution in [3.63, 3.8) is 0 Å². The van der Waals surface area contributed by atoms with Gasteiger partial charge in [-0.05, 0) is 74.3 Å². The van der Waals surface area contributed by atoms with Gasteiger partial charge in [0, 0.05) is 13.1 Å². The summed E-state index contributed by atoms with van der Waals surface area (Å²) in [6.45, 7) is 4.41. The number of rotatable bonds is 11. The molecular formula is C23H31FN2O3. The third-order valence-corrected chi connectivity index (χ3v) is 5.14. The Balaban J connectivity index is 1.47. The Labute approximate surface area is 172 Å². The zero-order valence-electron chi connectivity index (χ0n) is 17.1. The van der Waals surface area contributed by atoms with Crippen LogP contribution in [-0.2, 0) is 13.0 Å². The highest BCUT2D eigenvalue weighted by Crippen LogP contribution is 2.28. The highest BCUT2D eigenvalue weighted by molar-refractivity contribution is 5.43. The summed E-state index contributed by atoms with van der Waals surface area (Å²) in [6, 6.07) is 12.5. The molecule has 0 bridgehead atoms. The van der Waals surface area contributed by atoms with E-state index in [4.69, 9.17) is 9.47 Å². The third kappa shape index (κ3) is 6.99. The molecule has 1 saturated heterocycles. The van der Waals surface area contributed by atoms with Gasteiger partial charge in [-0.1, -0.05) is 18.2 Å². The first-order valence-electron chi connectivity index (χ1n) is 10.3. The van der Waals surface area contributed by atoms with Crippen LogP contribution in [0.2, 0.25) is 0 Å². The summed E-state index contributed by atoms with van der Waals surface area (Å²) in [5.41, 5.74) is 2.04. The van der Waals surface area contributed by atoms with E-state index in [-0.39, 0.29) is 12.4 Å². The van der Waals surface area contributed by atoms with Crippen LogP contribution in [0.15, 0.2) is 42.5 Å². The first-order valence-corrected chi connectivity index (χ1v) is 10.3. The second-order valence-electron chi connectivity index (χ2n) is 7.51. The highest BCUT2D eigenvalue weighted by atomic mass is 19.1. The molecule has 2 aromatic carbocycles. The van der Waals surface area contributed by atoms with E-state index in [9.17, 15) is 9.50 Å². The van der Waals surface area contributed by atoms with E-state index in [1.807, 2.05) is 24.3 Å². The number of ether oxygens (including phenoxy) is 2. The molecule has 2 N–H and O–H groups in total. The maximum absolute atomic E-state index is 13.2. The van der Waals surface area contributed by atoms with Gasteiger partial charge in [0.15, 0.2) is 11.5 Å². The van der Waals surface area contributed by atoms with E-state index in [1.165, 1.54) is 18.9 Å². The number of nitrogens with zero attached hydrogens (tertiary/aromatic N) is 1. The van der Waals surface area contributed by atoms with Crippen LogP contribution >= 0.6 is 0 Å². The molecule has 1 aliphatic heterocycles. The van der Waals surface area contributed by atoms with Gasteiger partial charge in [0.1, 0.15) is 18.5 Å². The van der Waals surface area contributed by atoms with Crippen LogP contribution in [0.4, 0.5) is 4.39 Å². The Morgan fingerprint density at radius 3 is 2.69 bits per heavy atom. The molecule has 3 rings (SSSR count). The molecule has 2 aromatic rings. The second-order valence-corrected chi connectivity index (χ2v) is 7.51. The fourth-order valence-corrected chi connectivity index (χ4v) is 3.60. The van der Waals surface area contributed by atoms with Gasteiger partial charge in [-0.15, -0.1) is 0 Å². The molecule has 0 spiro atoms. The van der Waals surface area contributed by atoms with E-state index in [0.29, 0.717) is 24.6 Å². The molecule has 6 heteroatoms. The van der Waals surface area contributed by atoms with Crippen molar-refractivity contribution < 1.29 is 19.0 Å². The minimum absolute atomic E-state index is 0.202. The van der Waals surface area contributed by atoms with Gasteiger partial charge in [0.05, 0.1) is 7.11 Å². The van der Waals surface area contributed by atoms with Gasteiger partial charge < -0.3 is 24.8 Å². The number of nitrogens with one attached hydrogen (secondary N) is 1. The lowest BCUT2D eigenvalue weighted by Crippen LogP contribution is -2.33. The number of hydrogen-bond acceptors (Lipinski definition) is 5. The van der Waals surface area contributed by atoms with E-state index in [0.717, 1.165) is 37.2 Å². The van der Waals surface area contributed by atoms with Crippen molar-refractivity contribution in [3.05, 3.63) is 59.4 Å². The average Bonchev–Trinajstić information content (AvgIpc) is 3.23. The molecule has 0 radical (unpaired) electrons. The van der Waals surface area contributed by atoms with Crippen molar-refractivity contribution in [3.8, 4) is 11.5 Å². The van der Waals surface area contributed by atoms with Crippen LogP contribution in [0.1, 0.15) is 24.0 Å². The van der Waals surface area contributed by atoms with E-state index >= 15 is 0 Å². The van der Waals surface area contributed by atoms with E-state index in [1.54, 1.807) is 19.2 Å². The van der Waals surface area contributed by atoms with Crippen molar-refractivity contribution in [2.24, 2.45) is 0 Å². The largest absolute Gasteiger partial charge is 0.493 e. The van der Waals surface area contributed by atoms with Crippen molar-refractivity contribution in [1.82, 2.24) is 10.2 Å². The normalized spacial score (nSPS) is 15.4. The van der Waals surface area contributed by atoms with Gasteiger partial charge in [0.25, 0.3) is 0 Å². The summed E-state index contributed by atoms with van der Waals surface area (Å²) in [7, 11) is 1.61. The lowest BCUT2D eigenvalue weighted by molar-refractivity contribution is 0.0746. The summed E-state index contributed by atoms with van der Waals surface area (Å²) < 4.78 is 24.5. The van der Waals surface area contributed by atoms with Crippen LogP contribution in [0, 0.1) is 5.82 Å². The Bertz CT molecular complexity index is 766. The maximum Gasteiger partial charge on any atom is 0.161 e. The Morgan fingerprint density at radius 1 is 1.10 bits per heavy atom. The molecule has 0 unspecified atom stereocenters. The molecular weight excluding hydrogens is 371 g/mol. The molecule has 1 atom stereocenters. The monoisotopic (exact) mass is 402 g/mol. The molecule has 1 aliphatic rings. The van der Waals surface area contributed by atoms with E-state index in [2.05, 4.69) is 10.2 Å². The summed E-state index contributed by atoms with van der Waals surface area (Å²) in [6.07, 6.45) is 2.65. The van der Waals surface area contributed by atoms with Gasteiger partial charge in [0.2, 0.25) is 0 Å². The quantitative estimate of drug-likeness (QED) is 0.566. The minimum atomic E-state index is -0.522. The Hall–Kier alpha value is -2.15. The zero-order chi connectivity index (χ0) is 20.5. The number of aliphatic hydroxyl groups is 1. The summed E-state index contributed by atoms with van der Waals surface area (Å²) in [5.74, 6) is 1.09. The first-order chi connectivity index (χ1) is 14.1. The van der Waals surface area contributed by atoms with E-state index < -0.39 is 6.10 Å². The molecule has 0 amide bonds. The van der Waals surface area contributed by atoms with Gasteiger partial charge >= 0.3 is 0 Å². The molecule has 1 heterocycles. The van der Waals surface area contributed by atoms with Crippen molar-refractivity contribution in [2.45, 2.75) is 31.9 Å². The molecule has 0 aromatic heterocycles. The zero-order valence-corrected chi connectivity index (χ0v) is 17.1. The van der Waals surface area contributed by atoms with Crippen LogP contribution in [0.3, 0.4) is 0 Å². The second kappa shape index (κ2) is 11.1. The van der Waals surface area contributed by atoms with Gasteiger partial charge in [-0.2, -0.15) is 0 Å². The molecule has 5 nitrogen and oxygen atoms in total. The lowest BCUT2D eigenvalue weighted by Gasteiger charge is -2.20. The molecule has 1 fully saturated rings. The first kappa shape index (κ1) is 21.6. The van der Waals surface area contributed by atoms with Crippen LogP contribution in [0.5, 0.6) is 11.5 Å². The van der Waals surface area contributed by atoms with Crippen LogP contribution in [-0.4, -0.2) is 56.0 Å². The lowest BCUT2D eigenvalue weighted by atomic mass is 10.1. The number of methoxy groups -OCH3 is 1. The number of likely N-dealkylation sites (tertiary alicyclic amines) is 1. The standard InChI is InChI=1S/C23H31FN2O3/c1-28-22-8-7-19(15-25-10-9-18-5-4-6-20(24)13-18)14-23(22)29-17-21(27)16-26-11-2-3-12-26/h4-8,13-14,21,25,27H,2-3,9-12,15-17H2,1H3/t21-/m0/s1. The Kier molecular flexibility index (Phi) is 8.28. The number of benzene rings is 2. The fourth-order valence-electron chi connectivity index (χ4n) is 3.60. The van der Waals surface area contributed by atoms with Crippen molar-refractivity contribution >= 4 is 0 Å². The third-order valence-electron chi connectivity index (χ3n) is 5.14. The van der Waals surface area contributed by atoms with Crippen molar-refractivity contribution in [1.29, 1.82) is 0 Å². The molecule has 29 heavy (non-hydrogen) atoms. The van der Waals surface area contributed by atoms with Gasteiger partial charge in [-0.3, -0.25) is 0 Å². The fraction of sp³-hybridized carbons (Fsp3) is 0.478. The SMILES string of the molecule is COc1ccc(CNCCc2cccc(F)c2)cc1OC[C@@H](O)CN1CCCC1. The highest BCUT2D eigenvalue weighted by Gasteiger charge is 2.17. The number of hydrogen-bond donors (Lipinski definition) is 2. The topological polar surface area (TPSA) is 54.0 Å². The average molecular weight is 403 g/mol. The molecule has 0 saturated carbocycles. The summed E-state index contributed by atoms with van der Waals surface area (Å²) in [4.78, 5) is 2.27. The summed E-state index contributed by atoms with van der Waals surface area (Å²) in [5, 5.41) is 13.6. The number of aliphatic hydroxyl groups excluding tert-OH is 1. The Morgan fingerprint density at radius 2 is 1.93 bits per heavy atom.